The third-order valence-corrected chi connectivity index (χ3v) is 1.91. The van der Waals surface area contributed by atoms with E-state index in [2.05, 4.69) is 24.5 Å². The highest BCUT2D eigenvalue weighted by Gasteiger charge is 2.00. The lowest BCUT2D eigenvalue weighted by atomic mass is 10.2. The highest BCUT2D eigenvalue weighted by atomic mass is 16.5. The summed E-state index contributed by atoms with van der Waals surface area (Å²) in [4.78, 5) is 11.3. The Morgan fingerprint density at radius 1 is 1.33 bits per heavy atom. The van der Waals surface area contributed by atoms with Gasteiger partial charge in [0, 0.05) is 25.6 Å². The molecule has 15 heavy (non-hydrogen) atoms. The van der Waals surface area contributed by atoms with Gasteiger partial charge in [0.05, 0.1) is 6.61 Å². The lowest BCUT2D eigenvalue weighted by Gasteiger charge is -2.08. The topological polar surface area (TPSA) is 50.4 Å². The number of ether oxygens (including phenoxy) is 1. The normalized spacial score (nSPS) is 10.7. The van der Waals surface area contributed by atoms with Gasteiger partial charge in [0.25, 0.3) is 0 Å². The van der Waals surface area contributed by atoms with Crippen molar-refractivity contribution in [3.05, 3.63) is 0 Å². The third kappa shape index (κ3) is 11.3. The van der Waals surface area contributed by atoms with Crippen molar-refractivity contribution < 1.29 is 9.53 Å². The van der Waals surface area contributed by atoms with Crippen molar-refractivity contribution in [2.75, 3.05) is 26.3 Å². The maximum atomic E-state index is 11.3. The Bertz CT molecular complexity index is 161. The first-order valence-corrected chi connectivity index (χ1v) is 5.74. The molecule has 4 heteroatoms. The zero-order chi connectivity index (χ0) is 11.5. The molecule has 1 amide bonds. The molecule has 0 aromatic carbocycles. The predicted octanol–water partition coefficient (Wildman–Crippen LogP) is 0.917. The van der Waals surface area contributed by atoms with Gasteiger partial charge < -0.3 is 15.4 Å². The van der Waals surface area contributed by atoms with Crippen molar-refractivity contribution in [1.29, 1.82) is 0 Å². The van der Waals surface area contributed by atoms with Gasteiger partial charge in [-0.25, -0.2) is 0 Å². The van der Waals surface area contributed by atoms with Crippen LogP contribution in [0.1, 0.15) is 33.6 Å². The lowest BCUT2D eigenvalue weighted by molar-refractivity contribution is -0.121. The molecule has 0 bridgehead atoms. The van der Waals surface area contributed by atoms with Crippen molar-refractivity contribution >= 4 is 5.91 Å². The molecule has 0 heterocycles. The number of amides is 1. The Morgan fingerprint density at radius 2 is 2.07 bits per heavy atom. The van der Waals surface area contributed by atoms with Gasteiger partial charge in [0.2, 0.25) is 5.91 Å². The van der Waals surface area contributed by atoms with Crippen molar-refractivity contribution in [3.8, 4) is 0 Å². The molecule has 2 N–H and O–H groups in total. The Kier molecular flexibility index (Phi) is 9.52. The molecule has 90 valence electrons. The summed E-state index contributed by atoms with van der Waals surface area (Å²) in [5.41, 5.74) is 0. The van der Waals surface area contributed by atoms with Gasteiger partial charge in [-0.2, -0.15) is 0 Å². The molecule has 0 rings (SSSR count). The summed E-state index contributed by atoms with van der Waals surface area (Å²) in [6.07, 6.45) is 1.48. The monoisotopic (exact) mass is 216 g/mol. The van der Waals surface area contributed by atoms with E-state index in [4.69, 9.17) is 4.74 Å². The van der Waals surface area contributed by atoms with E-state index in [1.165, 1.54) is 0 Å². The van der Waals surface area contributed by atoms with Crippen LogP contribution >= 0.6 is 0 Å². The highest BCUT2D eigenvalue weighted by molar-refractivity contribution is 5.75. The summed E-state index contributed by atoms with van der Waals surface area (Å²) < 4.78 is 5.11. The number of nitrogens with one attached hydrogen (secondary N) is 2. The molecule has 0 aromatic heterocycles. The molecule has 0 aliphatic heterocycles. The van der Waals surface area contributed by atoms with E-state index in [0.29, 0.717) is 32.2 Å². The Balaban J connectivity index is 3.19. The maximum absolute atomic E-state index is 11.3. The minimum atomic E-state index is 0.111. The third-order valence-electron chi connectivity index (χ3n) is 1.91. The number of carbonyl (C=O) groups is 1. The summed E-state index contributed by atoms with van der Waals surface area (Å²) in [5.74, 6) is 0.111. The molecule has 0 saturated carbocycles. The molecule has 0 atom stereocenters. The Labute approximate surface area is 92.8 Å². The molecule has 0 unspecified atom stereocenters. The van der Waals surface area contributed by atoms with Gasteiger partial charge in [0.1, 0.15) is 0 Å². The fraction of sp³-hybridized carbons (Fsp3) is 0.909. The zero-order valence-corrected chi connectivity index (χ0v) is 10.1. The molecule has 0 aliphatic carbocycles. The summed E-state index contributed by atoms with van der Waals surface area (Å²) in [6.45, 7) is 8.96. The van der Waals surface area contributed by atoms with E-state index >= 15 is 0 Å². The van der Waals surface area contributed by atoms with E-state index < -0.39 is 0 Å². The van der Waals surface area contributed by atoms with Crippen LogP contribution in [0, 0.1) is 0 Å². The quantitative estimate of drug-likeness (QED) is 0.563. The van der Waals surface area contributed by atoms with Crippen LogP contribution in [0.3, 0.4) is 0 Å². The van der Waals surface area contributed by atoms with E-state index in [0.717, 1.165) is 13.0 Å². The average molecular weight is 216 g/mol. The van der Waals surface area contributed by atoms with Crippen LogP contribution in [0.15, 0.2) is 0 Å². The molecule has 0 aliphatic rings. The molecular weight excluding hydrogens is 192 g/mol. The van der Waals surface area contributed by atoms with Crippen molar-refractivity contribution in [2.24, 2.45) is 0 Å². The van der Waals surface area contributed by atoms with Crippen molar-refractivity contribution in [3.63, 3.8) is 0 Å². The summed E-state index contributed by atoms with van der Waals surface area (Å²) in [5, 5.41) is 6.09. The molecule has 0 aromatic rings. The molecule has 0 spiro atoms. The molecule has 4 nitrogen and oxygen atoms in total. The summed E-state index contributed by atoms with van der Waals surface area (Å²) in [6, 6.07) is 0.492. The van der Waals surface area contributed by atoms with Crippen molar-refractivity contribution in [1.82, 2.24) is 10.6 Å². The van der Waals surface area contributed by atoms with Crippen LogP contribution in [0.4, 0.5) is 0 Å². The molecule has 0 saturated heterocycles. The largest absolute Gasteiger partial charge is 0.380 e. The first kappa shape index (κ1) is 14.4. The van der Waals surface area contributed by atoms with Gasteiger partial charge in [-0.1, -0.05) is 13.8 Å². The first-order valence-electron chi connectivity index (χ1n) is 5.74. The summed E-state index contributed by atoms with van der Waals surface area (Å²) >= 11 is 0. The number of rotatable bonds is 9. The van der Waals surface area contributed by atoms with E-state index in [1.54, 1.807) is 0 Å². The minimum absolute atomic E-state index is 0.111. The SMILES string of the molecule is CCOCCNC(=O)CCCNC(C)C. The van der Waals surface area contributed by atoms with Crippen LogP contribution in [0.2, 0.25) is 0 Å². The first-order chi connectivity index (χ1) is 7.16. The van der Waals surface area contributed by atoms with Crippen LogP contribution < -0.4 is 10.6 Å². The minimum Gasteiger partial charge on any atom is -0.380 e. The predicted molar refractivity (Wildman–Crippen MR) is 61.9 cm³/mol. The fourth-order valence-corrected chi connectivity index (χ4v) is 1.14. The van der Waals surface area contributed by atoms with Gasteiger partial charge in [0.15, 0.2) is 0 Å². The fourth-order valence-electron chi connectivity index (χ4n) is 1.14. The molecular formula is C11H24N2O2. The van der Waals surface area contributed by atoms with Crippen LogP contribution in [0.25, 0.3) is 0 Å². The van der Waals surface area contributed by atoms with Crippen LogP contribution in [0.5, 0.6) is 0 Å². The van der Waals surface area contributed by atoms with E-state index in [-0.39, 0.29) is 5.91 Å². The zero-order valence-electron chi connectivity index (χ0n) is 10.1. The van der Waals surface area contributed by atoms with Gasteiger partial charge in [-0.05, 0) is 19.9 Å². The van der Waals surface area contributed by atoms with Gasteiger partial charge in [-0.15, -0.1) is 0 Å². The number of hydrogen-bond acceptors (Lipinski definition) is 3. The Morgan fingerprint density at radius 3 is 2.67 bits per heavy atom. The van der Waals surface area contributed by atoms with Crippen LogP contribution in [-0.2, 0) is 9.53 Å². The standard InChI is InChI=1S/C11H24N2O2/c1-4-15-9-8-13-11(14)6-5-7-12-10(2)3/h10,12H,4-9H2,1-3H3,(H,13,14). The smallest absolute Gasteiger partial charge is 0.220 e. The second-order valence-electron chi connectivity index (χ2n) is 3.76. The van der Waals surface area contributed by atoms with Crippen LogP contribution in [-0.4, -0.2) is 38.3 Å². The highest BCUT2D eigenvalue weighted by Crippen LogP contribution is 1.88. The second kappa shape index (κ2) is 9.93. The Hall–Kier alpha value is -0.610. The summed E-state index contributed by atoms with van der Waals surface area (Å²) in [7, 11) is 0. The van der Waals surface area contributed by atoms with Crippen molar-refractivity contribution in [2.45, 2.75) is 39.7 Å². The van der Waals surface area contributed by atoms with Gasteiger partial charge >= 0.3 is 0 Å². The molecule has 0 radical (unpaired) electrons. The lowest BCUT2D eigenvalue weighted by Crippen LogP contribution is -2.29. The number of carbonyl (C=O) groups excluding carboxylic acids is 1. The van der Waals surface area contributed by atoms with E-state index in [1.807, 2.05) is 6.92 Å². The number of hydrogen-bond donors (Lipinski definition) is 2. The molecule has 0 fully saturated rings. The second-order valence-corrected chi connectivity index (χ2v) is 3.76. The average Bonchev–Trinajstić information content (AvgIpc) is 2.19. The van der Waals surface area contributed by atoms with E-state index in [9.17, 15) is 4.79 Å². The maximum Gasteiger partial charge on any atom is 0.220 e. The van der Waals surface area contributed by atoms with Gasteiger partial charge in [-0.3, -0.25) is 4.79 Å².